The van der Waals surface area contributed by atoms with Crippen LogP contribution in [-0.2, 0) is 20.8 Å². The number of nitrogens with one attached hydrogen (secondary N) is 1. The molecule has 115 valence electrons. The van der Waals surface area contributed by atoms with Gasteiger partial charge < -0.3 is 9.90 Å². The number of aryl methyl sites for hydroxylation is 2. The summed E-state index contributed by atoms with van der Waals surface area (Å²) in [5, 5.41) is 15.9. The molecule has 0 bridgehead atoms. The van der Waals surface area contributed by atoms with E-state index in [1.165, 1.54) is 38.5 Å². The number of carboxylic acid groups (broad SMARTS) is 1. The Morgan fingerprint density at radius 2 is 1.79 bits per heavy atom. The van der Waals surface area contributed by atoms with Gasteiger partial charge in [-0.3, -0.25) is 5.10 Å². The van der Waals surface area contributed by atoms with Crippen LogP contribution in [0.3, 0.4) is 0 Å². The summed E-state index contributed by atoms with van der Waals surface area (Å²) in [5.74, 6) is 0. The van der Waals surface area contributed by atoms with Gasteiger partial charge in [-0.1, -0.05) is 0 Å². The van der Waals surface area contributed by atoms with Gasteiger partial charge in [0.25, 0.3) is 0 Å². The molecule has 0 spiro atoms. The number of unbranched alkanes of at least 4 members (excludes halogenated alkanes) is 5. The van der Waals surface area contributed by atoms with Crippen molar-refractivity contribution in [3.8, 4) is 0 Å². The molecule has 4 nitrogen and oxygen atoms in total. The quantitative estimate of drug-likeness (QED) is 0.498. The topological polar surface area (TPSA) is 68.8 Å². The van der Waals surface area contributed by atoms with E-state index >= 15 is 0 Å². The molecule has 0 aromatic carbocycles. The number of rotatable bonds is 6. The molecule has 1 rings (SSSR count). The first kappa shape index (κ1) is 20.5. The minimum atomic E-state index is -0.500. The van der Waals surface area contributed by atoms with Gasteiger partial charge in [0.15, 0.2) is 0 Å². The molecule has 19 heavy (non-hydrogen) atoms. The van der Waals surface area contributed by atoms with Crippen molar-refractivity contribution in [1.29, 1.82) is 0 Å². The summed E-state index contributed by atoms with van der Waals surface area (Å²) in [6, 6.07) is 2.00. The smallest absolute Gasteiger partial charge is 0.0593 e. The predicted octanol–water partition coefficient (Wildman–Crippen LogP) is 2.70. The summed E-state index contributed by atoms with van der Waals surface area (Å²) in [5.41, 5.74) is 2.18. The molecule has 1 aromatic heterocycles. The van der Waals surface area contributed by atoms with Crippen molar-refractivity contribution in [3.05, 3.63) is 17.5 Å². The van der Waals surface area contributed by atoms with E-state index < -0.39 is 6.47 Å². The normalized spacial score (nSPS) is 8.89. The number of carbonyl (C=O) groups excluding carboxylic acids is 1. The molecule has 0 aliphatic heterocycles. The second-order valence-electron chi connectivity index (χ2n) is 4.21. The zero-order valence-corrected chi connectivity index (χ0v) is 13.1. The fraction of sp³-hybridized carbons (Fsp3) is 0.714. The van der Waals surface area contributed by atoms with Crippen molar-refractivity contribution in [2.45, 2.75) is 64.6 Å². The molecule has 1 N–H and O–H groups in total. The van der Waals surface area contributed by atoms with E-state index in [0.717, 1.165) is 16.7 Å². The Morgan fingerprint density at radius 3 is 2.11 bits per heavy atom. The van der Waals surface area contributed by atoms with E-state index in [9.17, 15) is 0 Å². The van der Waals surface area contributed by atoms with Crippen LogP contribution >= 0.6 is 0 Å². The largest absolute Gasteiger partial charge is 0.554 e. The van der Waals surface area contributed by atoms with Gasteiger partial charge in [-0.2, -0.15) is 5.10 Å². The van der Waals surface area contributed by atoms with Gasteiger partial charge >= 0.3 is 66.8 Å². The average molecular weight is 318 g/mol. The van der Waals surface area contributed by atoms with Gasteiger partial charge in [-0.15, -0.1) is 0 Å². The third-order valence-corrected chi connectivity index (χ3v) is 2.63. The Balaban J connectivity index is 0. The number of hydrogen-bond acceptors (Lipinski definition) is 3. The van der Waals surface area contributed by atoms with Crippen LogP contribution in [0.15, 0.2) is 6.07 Å². The summed E-state index contributed by atoms with van der Waals surface area (Å²) in [6.45, 7) is 5.69. The Kier molecular flexibility index (Phi) is 18.6. The van der Waals surface area contributed by atoms with Gasteiger partial charge in [-0.05, 0) is 19.9 Å². The summed E-state index contributed by atoms with van der Waals surface area (Å²) in [6.07, 6.45) is 8.12. The SMILES string of the molecule is CCCCCCC[CH2][Cu+].Cc1cc(C)[nH]n1.O=C[O-]. The van der Waals surface area contributed by atoms with Crippen LogP contribution in [0.25, 0.3) is 0 Å². The second-order valence-corrected chi connectivity index (χ2v) is 4.68. The van der Waals surface area contributed by atoms with Crippen LogP contribution in [0.1, 0.15) is 56.8 Å². The molecular formula is C14H26CuN2O2. The fourth-order valence-corrected chi connectivity index (χ4v) is 1.65. The molecule has 0 aliphatic carbocycles. The van der Waals surface area contributed by atoms with Crippen molar-refractivity contribution in [3.63, 3.8) is 0 Å². The molecule has 5 heteroatoms. The summed E-state index contributed by atoms with van der Waals surface area (Å²) < 4.78 is 0. The van der Waals surface area contributed by atoms with Crippen molar-refractivity contribution >= 4 is 6.47 Å². The van der Waals surface area contributed by atoms with Crippen LogP contribution < -0.4 is 5.11 Å². The van der Waals surface area contributed by atoms with Crippen molar-refractivity contribution < 1.29 is 25.9 Å². The first-order valence-corrected chi connectivity index (χ1v) is 7.33. The van der Waals surface area contributed by atoms with Gasteiger partial charge in [-0.25, -0.2) is 0 Å². The summed E-state index contributed by atoms with van der Waals surface area (Å²) >= 11 is 4.96. The van der Waals surface area contributed by atoms with E-state index in [2.05, 4.69) is 17.1 Å². The van der Waals surface area contributed by atoms with Crippen molar-refractivity contribution in [2.24, 2.45) is 0 Å². The molecule has 1 heterocycles. The molecule has 0 aliphatic rings. The van der Waals surface area contributed by atoms with Crippen molar-refractivity contribution in [2.75, 3.05) is 0 Å². The number of H-pyrrole nitrogens is 1. The average Bonchev–Trinajstić information content (AvgIpc) is 2.75. The van der Waals surface area contributed by atoms with Crippen LogP contribution in [0.2, 0.25) is 5.32 Å². The maximum absolute atomic E-state index is 8.25. The number of aromatic amines is 1. The van der Waals surface area contributed by atoms with Gasteiger partial charge in [0.2, 0.25) is 0 Å². The predicted molar refractivity (Wildman–Crippen MR) is 72.3 cm³/mol. The van der Waals surface area contributed by atoms with Gasteiger partial charge in [0, 0.05) is 12.2 Å². The Morgan fingerprint density at radius 1 is 1.26 bits per heavy atom. The van der Waals surface area contributed by atoms with Crippen LogP contribution in [0.4, 0.5) is 0 Å². The monoisotopic (exact) mass is 317 g/mol. The molecular weight excluding hydrogens is 292 g/mol. The van der Waals surface area contributed by atoms with E-state index in [1.807, 2.05) is 19.9 Å². The minimum absolute atomic E-state index is 0.500. The number of hydrogen-bond donors (Lipinski definition) is 1. The van der Waals surface area contributed by atoms with Gasteiger partial charge in [0.1, 0.15) is 0 Å². The maximum atomic E-state index is 8.25. The van der Waals surface area contributed by atoms with E-state index in [-0.39, 0.29) is 0 Å². The third kappa shape index (κ3) is 19.7. The summed E-state index contributed by atoms with van der Waals surface area (Å²) in [4.78, 5) is 8.25. The minimum Gasteiger partial charge on any atom is -0.554 e. The zero-order chi connectivity index (χ0) is 14.9. The number of nitrogens with zero attached hydrogens (tertiary/aromatic N) is 1. The fourth-order valence-electron chi connectivity index (χ4n) is 1.41. The number of carbonyl (C=O) groups is 1. The first-order chi connectivity index (χ1) is 9.12. The Hall–Kier alpha value is -0.801. The maximum Gasteiger partial charge on any atom is 0.0593 e. The van der Waals surface area contributed by atoms with Crippen LogP contribution in [0, 0.1) is 13.8 Å². The number of aromatic nitrogens is 2. The van der Waals surface area contributed by atoms with Crippen LogP contribution in [0.5, 0.6) is 0 Å². The molecule has 0 saturated carbocycles. The summed E-state index contributed by atoms with van der Waals surface area (Å²) in [7, 11) is 0. The standard InChI is InChI=1S/C8H17.C5H8N2.CH2O2.Cu/c1-3-5-7-8-6-4-2;1-4-3-5(2)7-6-4;2-1-3;/h1,3-8H2,2H3;3H,1-2H3,(H,6,7);1H,(H,2,3);/q;;;+1/p-1. The molecule has 0 fully saturated rings. The molecule has 1 aromatic rings. The zero-order valence-electron chi connectivity index (χ0n) is 12.2. The molecule has 0 radical (unpaired) electrons. The molecule has 0 atom stereocenters. The second kappa shape index (κ2) is 17.2. The Bertz CT molecular complexity index is 268. The first-order valence-electron chi connectivity index (χ1n) is 6.67. The Labute approximate surface area is 125 Å². The molecule has 0 unspecified atom stereocenters. The van der Waals surface area contributed by atoms with E-state index in [0.29, 0.717) is 0 Å². The van der Waals surface area contributed by atoms with E-state index in [1.54, 1.807) is 0 Å². The van der Waals surface area contributed by atoms with Crippen molar-refractivity contribution in [1.82, 2.24) is 10.2 Å². The third-order valence-electron chi connectivity index (χ3n) is 2.29. The van der Waals surface area contributed by atoms with Crippen LogP contribution in [-0.4, -0.2) is 16.7 Å². The molecule has 0 saturated heterocycles. The molecule has 0 amide bonds. The van der Waals surface area contributed by atoms with E-state index in [4.69, 9.17) is 25.9 Å². The van der Waals surface area contributed by atoms with Gasteiger partial charge in [0.05, 0.1) is 5.69 Å².